The van der Waals surface area contributed by atoms with Crippen LogP contribution in [0.25, 0.3) is 0 Å². The summed E-state index contributed by atoms with van der Waals surface area (Å²) in [4.78, 5) is 14.2. The summed E-state index contributed by atoms with van der Waals surface area (Å²) < 4.78 is 25.8. The van der Waals surface area contributed by atoms with Crippen LogP contribution in [0.3, 0.4) is 0 Å². The van der Waals surface area contributed by atoms with Crippen molar-refractivity contribution in [2.75, 3.05) is 32.7 Å². The molecule has 1 fully saturated rings. The second kappa shape index (κ2) is 7.69. The van der Waals surface area contributed by atoms with Crippen molar-refractivity contribution in [1.29, 1.82) is 10.8 Å². The van der Waals surface area contributed by atoms with Crippen molar-refractivity contribution in [2.45, 2.75) is 25.7 Å². The molecule has 0 spiro atoms. The zero-order valence-electron chi connectivity index (χ0n) is 11.9. The highest BCUT2D eigenvalue weighted by molar-refractivity contribution is 8.26. The van der Waals surface area contributed by atoms with Gasteiger partial charge in [-0.1, -0.05) is 0 Å². The summed E-state index contributed by atoms with van der Waals surface area (Å²) in [5.41, 5.74) is 0. The Hall–Kier alpha value is -1.22. The molecule has 0 aromatic rings. The van der Waals surface area contributed by atoms with Gasteiger partial charge in [0.2, 0.25) is 0 Å². The molecule has 0 amide bonds. The number of nitrogens with one attached hydrogen (secondary N) is 2. The van der Waals surface area contributed by atoms with Gasteiger partial charge in [-0.3, -0.25) is 20.5 Å². The number of carboxylic acid groups (broad SMARTS) is 1. The second-order valence-corrected chi connectivity index (χ2v) is 5.95. The first-order valence-corrected chi connectivity index (χ1v) is 7.44. The zero-order chi connectivity index (χ0) is 16.0. The number of aliphatic carboxylic acids is 1. The summed E-state index contributed by atoms with van der Waals surface area (Å²) in [6, 6.07) is 0. The SMILES string of the molecule is CC(F)(F)C(=N)SC(=N)N1CCN(CCCC(=O)O)CC1. The number of nitrogens with zero attached hydrogens (tertiary/aromatic N) is 2. The molecule has 21 heavy (non-hydrogen) atoms. The fourth-order valence-electron chi connectivity index (χ4n) is 1.88. The lowest BCUT2D eigenvalue weighted by atomic mass is 10.2. The summed E-state index contributed by atoms with van der Waals surface area (Å²) in [6.45, 7) is 3.72. The highest BCUT2D eigenvalue weighted by Gasteiger charge is 2.31. The first kappa shape index (κ1) is 17.8. The van der Waals surface area contributed by atoms with Gasteiger partial charge in [0.25, 0.3) is 5.92 Å². The summed E-state index contributed by atoms with van der Waals surface area (Å²) in [5, 5.41) is 22.7. The number of alkyl halides is 2. The zero-order valence-corrected chi connectivity index (χ0v) is 12.7. The van der Waals surface area contributed by atoms with Gasteiger partial charge in [0.05, 0.1) is 0 Å². The van der Waals surface area contributed by atoms with Gasteiger partial charge in [0, 0.05) is 39.5 Å². The molecule has 1 saturated heterocycles. The Morgan fingerprint density at radius 2 is 1.86 bits per heavy atom. The van der Waals surface area contributed by atoms with E-state index in [0.29, 0.717) is 57.8 Å². The number of halogens is 2. The standard InChI is InChI=1S/C12H20F2N4O2S/c1-12(13,14)10(15)21-11(16)18-7-5-17(6-8-18)4-2-3-9(19)20/h15-16H,2-8H2,1H3,(H,19,20). The van der Waals surface area contributed by atoms with E-state index >= 15 is 0 Å². The molecule has 120 valence electrons. The molecule has 0 bridgehead atoms. The van der Waals surface area contributed by atoms with Crippen molar-refractivity contribution in [3.05, 3.63) is 0 Å². The van der Waals surface area contributed by atoms with Crippen LogP contribution in [0.5, 0.6) is 0 Å². The molecule has 1 rings (SSSR count). The quantitative estimate of drug-likeness (QED) is 0.530. The molecule has 0 unspecified atom stereocenters. The molecule has 0 aromatic heterocycles. The van der Waals surface area contributed by atoms with E-state index in [0.717, 1.165) is 0 Å². The fourth-order valence-corrected chi connectivity index (χ4v) is 2.56. The smallest absolute Gasteiger partial charge is 0.303 e. The second-order valence-electron chi connectivity index (χ2n) is 4.95. The van der Waals surface area contributed by atoms with Crippen molar-refractivity contribution in [1.82, 2.24) is 9.80 Å². The number of thioether (sulfide) groups is 1. The minimum absolute atomic E-state index is 0.0355. The van der Waals surface area contributed by atoms with Crippen molar-refractivity contribution < 1.29 is 18.7 Å². The molecule has 9 heteroatoms. The average molecular weight is 322 g/mol. The summed E-state index contributed by atoms with van der Waals surface area (Å²) >= 11 is 0.482. The fraction of sp³-hybridized carbons (Fsp3) is 0.750. The van der Waals surface area contributed by atoms with Crippen LogP contribution < -0.4 is 0 Å². The Morgan fingerprint density at radius 1 is 1.29 bits per heavy atom. The molecule has 1 heterocycles. The summed E-state index contributed by atoms with van der Waals surface area (Å²) in [6.07, 6.45) is 0.711. The molecule has 0 aromatic carbocycles. The Kier molecular flexibility index (Phi) is 6.53. The van der Waals surface area contributed by atoms with E-state index in [9.17, 15) is 13.6 Å². The largest absolute Gasteiger partial charge is 0.481 e. The van der Waals surface area contributed by atoms with E-state index in [4.69, 9.17) is 15.9 Å². The maximum atomic E-state index is 12.9. The predicted octanol–water partition coefficient (Wildman–Crippen LogP) is 1.77. The van der Waals surface area contributed by atoms with Crippen LogP contribution in [0.15, 0.2) is 0 Å². The molecule has 1 aliphatic heterocycles. The topological polar surface area (TPSA) is 91.5 Å². The lowest BCUT2D eigenvalue weighted by Crippen LogP contribution is -2.48. The van der Waals surface area contributed by atoms with Crippen LogP contribution in [0.1, 0.15) is 19.8 Å². The van der Waals surface area contributed by atoms with Gasteiger partial charge in [-0.2, -0.15) is 8.78 Å². The number of amidine groups is 1. The Morgan fingerprint density at radius 3 is 2.33 bits per heavy atom. The Bertz CT molecular complexity index is 407. The number of carboxylic acids is 1. The van der Waals surface area contributed by atoms with Gasteiger partial charge in [-0.05, 0) is 24.7 Å². The molecule has 6 nitrogen and oxygen atoms in total. The van der Waals surface area contributed by atoms with Gasteiger partial charge in [-0.25, -0.2) is 0 Å². The minimum Gasteiger partial charge on any atom is -0.481 e. The molecular weight excluding hydrogens is 302 g/mol. The number of piperazine rings is 1. The normalized spacial score (nSPS) is 16.8. The van der Waals surface area contributed by atoms with Crippen LogP contribution in [-0.4, -0.2) is 69.7 Å². The van der Waals surface area contributed by atoms with Crippen LogP contribution >= 0.6 is 11.8 Å². The van der Waals surface area contributed by atoms with Gasteiger partial charge >= 0.3 is 5.97 Å². The van der Waals surface area contributed by atoms with Crippen LogP contribution in [0.4, 0.5) is 8.78 Å². The van der Waals surface area contributed by atoms with E-state index in [2.05, 4.69) is 4.90 Å². The molecule has 0 aliphatic carbocycles. The number of rotatable bonds is 5. The van der Waals surface area contributed by atoms with Crippen molar-refractivity contribution in [2.24, 2.45) is 0 Å². The van der Waals surface area contributed by atoms with E-state index < -0.39 is 16.9 Å². The molecule has 3 N–H and O–H groups in total. The monoisotopic (exact) mass is 322 g/mol. The van der Waals surface area contributed by atoms with Crippen molar-refractivity contribution in [3.8, 4) is 0 Å². The lowest BCUT2D eigenvalue weighted by molar-refractivity contribution is -0.137. The molecule has 1 aliphatic rings. The van der Waals surface area contributed by atoms with E-state index in [1.165, 1.54) is 0 Å². The first-order chi connectivity index (χ1) is 9.70. The molecule has 0 saturated carbocycles. The number of hydrogen-bond acceptors (Lipinski definition) is 5. The lowest BCUT2D eigenvalue weighted by Gasteiger charge is -2.35. The van der Waals surface area contributed by atoms with Gasteiger partial charge in [-0.15, -0.1) is 0 Å². The van der Waals surface area contributed by atoms with Crippen LogP contribution in [0.2, 0.25) is 0 Å². The van der Waals surface area contributed by atoms with E-state index in [1.807, 2.05) is 0 Å². The predicted molar refractivity (Wildman–Crippen MR) is 78.5 cm³/mol. The Labute approximate surface area is 126 Å². The van der Waals surface area contributed by atoms with Crippen LogP contribution in [0, 0.1) is 10.8 Å². The van der Waals surface area contributed by atoms with E-state index in [1.54, 1.807) is 4.90 Å². The van der Waals surface area contributed by atoms with Crippen molar-refractivity contribution in [3.63, 3.8) is 0 Å². The third-order valence-electron chi connectivity index (χ3n) is 3.12. The average Bonchev–Trinajstić information content (AvgIpc) is 2.37. The van der Waals surface area contributed by atoms with Gasteiger partial charge in [0.1, 0.15) is 5.04 Å². The van der Waals surface area contributed by atoms with Gasteiger partial charge < -0.3 is 10.0 Å². The maximum Gasteiger partial charge on any atom is 0.303 e. The van der Waals surface area contributed by atoms with Crippen molar-refractivity contribution >= 4 is 27.9 Å². The third-order valence-corrected chi connectivity index (χ3v) is 4.14. The molecule has 0 atom stereocenters. The third kappa shape index (κ3) is 6.38. The molecular formula is C12H20F2N4O2S. The minimum atomic E-state index is -3.21. The summed E-state index contributed by atoms with van der Waals surface area (Å²) in [7, 11) is 0. The Balaban J connectivity index is 2.31. The highest BCUT2D eigenvalue weighted by atomic mass is 32.2. The first-order valence-electron chi connectivity index (χ1n) is 6.62. The van der Waals surface area contributed by atoms with Crippen LogP contribution in [-0.2, 0) is 4.79 Å². The summed E-state index contributed by atoms with van der Waals surface area (Å²) in [5.74, 6) is -4.03. The highest BCUT2D eigenvalue weighted by Crippen LogP contribution is 2.23. The van der Waals surface area contributed by atoms with E-state index in [-0.39, 0.29) is 11.6 Å². The maximum absolute atomic E-state index is 12.9. The number of hydrogen-bond donors (Lipinski definition) is 3. The van der Waals surface area contributed by atoms with Gasteiger partial charge in [0.15, 0.2) is 5.17 Å². The molecule has 0 radical (unpaired) electrons. The number of carbonyl (C=O) groups is 1.